The Bertz CT molecular complexity index is 637. The van der Waals surface area contributed by atoms with Crippen molar-refractivity contribution in [1.29, 1.82) is 0 Å². The van der Waals surface area contributed by atoms with Crippen molar-refractivity contribution in [2.75, 3.05) is 0 Å². The van der Waals surface area contributed by atoms with Crippen LogP contribution in [0.25, 0.3) is 5.43 Å². The molecule has 0 amide bonds. The zero-order chi connectivity index (χ0) is 14.7. The highest BCUT2D eigenvalue weighted by Crippen LogP contribution is 2.39. The van der Waals surface area contributed by atoms with E-state index in [1.807, 2.05) is 0 Å². The molecule has 1 aromatic carbocycles. The second-order valence-corrected chi connectivity index (χ2v) is 4.02. The Labute approximate surface area is 113 Å². The Balaban J connectivity index is 2.59. The van der Waals surface area contributed by atoms with Crippen LogP contribution in [0.1, 0.15) is 5.56 Å². The minimum absolute atomic E-state index is 0.276. The lowest BCUT2D eigenvalue weighted by Crippen LogP contribution is -2.26. The van der Waals surface area contributed by atoms with Crippen molar-refractivity contribution in [3.05, 3.63) is 73.9 Å². The molecule has 0 atom stereocenters. The molecule has 0 saturated heterocycles. The van der Waals surface area contributed by atoms with Crippen molar-refractivity contribution in [1.82, 2.24) is 0 Å². The summed E-state index contributed by atoms with van der Waals surface area (Å²) < 4.78 is 1.28. The van der Waals surface area contributed by atoms with Crippen LogP contribution < -0.4 is 4.68 Å². The average Bonchev–Trinajstić information content (AvgIpc) is 2.41. The first-order chi connectivity index (χ1) is 9.49. The molecule has 0 aliphatic carbocycles. The number of hydrogen-bond acceptors (Lipinski definition) is 4. The molecule has 0 saturated carbocycles. The molecule has 0 unspecified atom stereocenters. The Hall–Kier alpha value is -3.03. The second-order valence-electron chi connectivity index (χ2n) is 4.02. The van der Waals surface area contributed by atoms with E-state index < -0.39 is 21.2 Å². The number of nitro benzene ring substituents is 2. The van der Waals surface area contributed by atoms with Crippen LogP contribution >= 0.6 is 0 Å². The van der Waals surface area contributed by atoms with E-state index in [1.165, 1.54) is 29.2 Å². The summed E-state index contributed by atoms with van der Waals surface area (Å²) in [5.41, 5.74) is 3.32. The van der Waals surface area contributed by atoms with Gasteiger partial charge in [-0.05, 0) is 12.5 Å². The van der Waals surface area contributed by atoms with Gasteiger partial charge in [-0.25, -0.2) is 4.68 Å². The lowest BCUT2D eigenvalue weighted by atomic mass is 10.1. The summed E-state index contributed by atoms with van der Waals surface area (Å²) in [6.07, 6.45) is 3.07. The van der Waals surface area contributed by atoms with Crippen molar-refractivity contribution in [3.8, 4) is 0 Å². The average molecular weight is 274 g/mol. The SMILES string of the molecule is Cc1cc([N+](=O)[O-])c([N-][n+]2ccccc2)c([N+](=O)[O-])c1. The largest absolute Gasteiger partial charge is 0.392 e. The van der Waals surface area contributed by atoms with E-state index in [4.69, 9.17) is 0 Å². The second kappa shape index (κ2) is 5.31. The van der Waals surface area contributed by atoms with Crippen molar-refractivity contribution < 1.29 is 14.5 Å². The standard InChI is InChI=1S/C12H10N4O4/c1-9-7-10(15(17)18)12(11(8-9)16(19)20)13-14-5-3-2-4-6-14/h2-8H,1H3. The molecule has 2 aromatic rings. The number of benzene rings is 1. The summed E-state index contributed by atoms with van der Waals surface area (Å²) in [6, 6.07) is 7.58. The number of nitro groups is 2. The van der Waals surface area contributed by atoms with E-state index in [0.717, 1.165) is 0 Å². The highest BCUT2D eigenvalue weighted by atomic mass is 16.6. The maximum Gasteiger partial charge on any atom is 0.266 e. The molecule has 8 nitrogen and oxygen atoms in total. The van der Waals surface area contributed by atoms with Crippen LogP contribution in [0.3, 0.4) is 0 Å². The van der Waals surface area contributed by atoms with Crippen LogP contribution in [0.2, 0.25) is 0 Å². The maximum atomic E-state index is 11.1. The van der Waals surface area contributed by atoms with Gasteiger partial charge in [-0.1, -0.05) is 6.07 Å². The van der Waals surface area contributed by atoms with Crippen molar-refractivity contribution in [2.24, 2.45) is 0 Å². The Morgan fingerprint density at radius 2 is 1.50 bits per heavy atom. The van der Waals surface area contributed by atoms with Gasteiger partial charge in [0.2, 0.25) is 0 Å². The zero-order valence-corrected chi connectivity index (χ0v) is 10.5. The zero-order valence-electron chi connectivity index (χ0n) is 10.5. The normalized spacial score (nSPS) is 10.1. The maximum absolute atomic E-state index is 11.1. The molecule has 0 radical (unpaired) electrons. The van der Waals surface area contributed by atoms with Gasteiger partial charge in [0.15, 0.2) is 12.4 Å². The van der Waals surface area contributed by atoms with Crippen LogP contribution in [-0.4, -0.2) is 9.85 Å². The molecular weight excluding hydrogens is 264 g/mol. The Morgan fingerprint density at radius 3 is 1.95 bits per heavy atom. The lowest BCUT2D eigenvalue weighted by Gasteiger charge is -2.14. The number of pyridine rings is 1. The third-order valence-corrected chi connectivity index (χ3v) is 2.52. The first kappa shape index (κ1) is 13.4. The van der Waals surface area contributed by atoms with Gasteiger partial charge >= 0.3 is 0 Å². The highest BCUT2D eigenvalue weighted by molar-refractivity contribution is 5.75. The Kier molecular flexibility index (Phi) is 3.56. The molecule has 0 spiro atoms. The van der Waals surface area contributed by atoms with E-state index >= 15 is 0 Å². The van der Waals surface area contributed by atoms with Crippen molar-refractivity contribution in [3.63, 3.8) is 0 Å². The van der Waals surface area contributed by atoms with E-state index in [1.54, 1.807) is 25.1 Å². The number of nitrogens with zero attached hydrogens (tertiary/aromatic N) is 4. The molecule has 8 heteroatoms. The molecule has 1 aromatic heterocycles. The first-order valence-corrected chi connectivity index (χ1v) is 5.61. The minimum Gasteiger partial charge on any atom is -0.392 e. The number of hydrogen-bond donors (Lipinski definition) is 0. The molecule has 0 aliphatic rings. The monoisotopic (exact) mass is 274 g/mol. The Morgan fingerprint density at radius 1 is 1.00 bits per heavy atom. The van der Waals surface area contributed by atoms with Gasteiger partial charge in [-0.15, -0.1) is 0 Å². The van der Waals surface area contributed by atoms with E-state index in [0.29, 0.717) is 5.56 Å². The summed E-state index contributed by atoms with van der Waals surface area (Å²) in [5.74, 6) is 0. The van der Waals surface area contributed by atoms with Crippen molar-refractivity contribution in [2.45, 2.75) is 6.92 Å². The molecule has 0 aliphatic heterocycles. The van der Waals surface area contributed by atoms with Crippen LogP contribution in [0, 0.1) is 27.2 Å². The third-order valence-electron chi connectivity index (χ3n) is 2.52. The van der Waals surface area contributed by atoms with Gasteiger partial charge in [0.1, 0.15) is 0 Å². The number of aromatic nitrogens is 1. The minimum atomic E-state index is -0.678. The molecule has 1 heterocycles. The quantitative estimate of drug-likeness (QED) is 0.485. The molecule has 0 N–H and O–H groups in total. The molecule has 102 valence electrons. The van der Waals surface area contributed by atoms with Crippen LogP contribution in [0.15, 0.2) is 42.7 Å². The predicted octanol–water partition coefficient (Wildman–Crippen LogP) is 2.57. The highest BCUT2D eigenvalue weighted by Gasteiger charge is 2.21. The van der Waals surface area contributed by atoms with Gasteiger partial charge in [-0.2, -0.15) is 0 Å². The first-order valence-electron chi connectivity index (χ1n) is 5.61. The molecule has 0 bridgehead atoms. The van der Waals surface area contributed by atoms with Crippen LogP contribution in [0.4, 0.5) is 17.1 Å². The summed E-state index contributed by atoms with van der Waals surface area (Å²) in [4.78, 5) is 20.7. The van der Waals surface area contributed by atoms with E-state index in [2.05, 4.69) is 5.43 Å². The van der Waals surface area contributed by atoms with E-state index in [9.17, 15) is 20.2 Å². The number of rotatable bonds is 4. The lowest BCUT2D eigenvalue weighted by molar-refractivity contribution is -0.619. The summed E-state index contributed by atoms with van der Waals surface area (Å²) in [6.45, 7) is 1.56. The fraction of sp³-hybridized carbons (Fsp3) is 0.0833. The van der Waals surface area contributed by atoms with Gasteiger partial charge in [0, 0.05) is 24.3 Å². The predicted molar refractivity (Wildman–Crippen MR) is 69.5 cm³/mol. The van der Waals surface area contributed by atoms with Crippen LogP contribution in [-0.2, 0) is 0 Å². The fourth-order valence-electron chi connectivity index (χ4n) is 1.69. The molecule has 20 heavy (non-hydrogen) atoms. The van der Waals surface area contributed by atoms with E-state index in [-0.39, 0.29) is 5.69 Å². The molecule has 2 rings (SSSR count). The molecular formula is C12H10N4O4. The van der Waals surface area contributed by atoms with Gasteiger partial charge in [0.05, 0.1) is 15.5 Å². The molecule has 0 fully saturated rings. The number of aryl methyl sites for hydroxylation is 1. The summed E-state index contributed by atoms with van der Waals surface area (Å²) >= 11 is 0. The van der Waals surface area contributed by atoms with Crippen molar-refractivity contribution >= 4 is 17.1 Å². The van der Waals surface area contributed by atoms with Crippen LogP contribution in [0.5, 0.6) is 0 Å². The third kappa shape index (κ3) is 2.69. The van der Waals surface area contributed by atoms with Gasteiger partial charge < -0.3 is 5.43 Å². The topological polar surface area (TPSA) is 104 Å². The van der Waals surface area contributed by atoms with Gasteiger partial charge in [-0.3, -0.25) is 20.2 Å². The smallest absolute Gasteiger partial charge is 0.266 e. The summed E-state index contributed by atoms with van der Waals surface area (Å²) in [7, 11) is 0. The fourth-order valence-corrected chi connectivity index (χ4v) is 1.69. The van der Waals surface area contributed by atoms with Gasteiger partial charge in [0.25, 0.3) is 11.4 Å². The summed E-state index contributed by atoms with van der Waals surface area (Å²) in [5, 5.41) is 22.1.